The van der Waals surface area contributed by atoms with Gasteiger partial charge in [-0.05, 0) is 0 Å². The Labute approximate surface area is 485 Å². The number of aromatic nitrogens is 2. The number of rotatable bonds is 27. The number of hydrogen-bond donors (Lipinski definition) is 7. The van der Waals surface area contributed by atoms with Gasteiger partial charge in [0, 0.05) is 0 Å². The predicted molar refractivity (Wildman–Crippen MR) is 324 cm³/mol. The summed E-state index contributed by atoms with van der Waals surface area (Å²) in [7, 11) is -22.5. The number of aliphatic imine (C=N–C) groups is 2. The molecule has 0 fully saturated rings. The van der Waals surface area contributed by atoms with Gasteiger partial charge >= 0.3 is 449 Å². The van der Waals surface area contributed by atoms with Gasteiger partial charge in [-0.2, -0.15) is 0 Å². The molecule has 8 heterocycles. The van der Waals surface area contributed by atoms with Crippen molar-refractivity contribution in [2.45, 2.75) is 89.6 Å². The standard InChI is InChI=1S/C56H69N11O12P2Si3/c1-82(2,35-15-29-57-46(68)27-13-14-28-48(70)71)78-84(79-83(3,4)36-16-30-58-47(69)37-63(31-17-33-80(72,73)74)32-18-34-81(75,76)77)64-49-38-19-5-6-20-39(38)50(64)60-52-42-23-9-10-24-43(42)54(66(52)84)62-56-45-26-12-11-25-44(45)55(67(56)84)61-53-41-22-8-7-21-40(41)51(59-49)65(53)84/h5-12,19-26H,13-18,27-37H2,1-4H3,(H,57,68)(H,58,69)(H,70,71)(H2,72,73,74)(H2,75,76,77). The molecule has 442 valence electrons. The quantitative estimate of drug-likeness (QED) is 0.0181. The van der Waals surface area contributed by atoms with Crippen molar-refractivity contribution < 1.29 is 64.9 Å². The number of nitrogens with one attached hydrogen (secondary N) is 2. The van der Waals surface area contributed by atoms with E-state index in [0.717, 1.165) is 43.8 Å². The van der Waals surface area contributed by atoms with Crippen molar-refractivity contribution in [1.29, 1.82) is 0 Å². The van der Waals surface area contributed by atoms with Gasteiger partial charge in [-0.3, -0.25) is 13.9 Å². The summed E-state index contributed by atoms with van der Waals surface area (Å²) in [6.07, 6.45) is 1.42. The number of carbonyl (C=O) groups is 3. The van der Waals surface area contributed by atoms with E-state index in [0.29, 0.717) is 90.3 Å². The van der Waals surface area contributed by atoms with E-state index in [9.17, 15) is 52.3 Å². The van der Waals surface area contributed by atoms with Gasteiger partial charge in [0.25, 0.3) is 0 Å². The normalized spacial score (nSPS) is 17.9. The third-order valence-electron chi connectivity index (χ3n) is 16.9. The van der Waals surface area contributed by atoms with Crippen molar-refractivity contribution in [1.82, 2.24) is 24.0 Å². The first-order valence-corrected chi connectivity index (χ1v) is 41.1. The Morgan fingerprint density at radius 2 is 0.976 bits per heavy atom. The van der Waals surface area contributed by atoms with E-state index in [1.807, 2.05) is 48.5 Å². The first-order valence-electron chi connectivity index (χ1n) is 28.7. The van der Waals surface area contributed by atoms with Gasteiger partial charge in [-0.25, -0.2) is 0 Å². The average molecular weight is 1230 g/mol. The number of nitrogens with zero attached hydrogens (tertiary/aromatic N) is 9. The fourth-order valence-corrected chi connectivity index (χ4v) is 37.3. The van der Waals surface area contributed by atoms with Gasteiger partial charge < -0.3 is 24.7 Å². The van der Waals surface area contributed by atoms with Gasteiger partial charge in [0.15, 0.2) is 0 Å². The van der Waals surface area contributed by atoms with Crippen LogP contribution in [-0.4, -0.2) is 157 Å². The molecule has 6 aliphatic rings. The van der Waals surface area contributed by atoms with Crippen LogP contribution >= 0.6 is 15.2 Å². The fourth-order valence-electron chi connectivity index (χ4n) is 13.9. The molecular weight excluding hydrogens is 1160 g/mol. The number of aliphatic carboxylic acids is 1. The number of amidine groups is 4. The molecule has 0 saturated carbocycles. The summed E-state index contributed by atoms with van der Waals surface area (Å²) in [6, 6.07) is 33.6. The van der Waals surface area contributed by atoms with Gasteiger partial charge in [0.1, 0.15) is 0 Å². The maximum atomic E-state index is 13.9. The second-order valence-corrected chi connectivity index (χ2v) is 41.8. The van der Waals surface area contributed by atoms with Crippen molar-refractivity contribution in [2.75, 3.05) is 45.0 Å². The van der Waals surface area contributed by atoms with E-state index in [1.165, 1.54) is 0 Å². The SMILES string of the molecule is C[Si](C)(CCCNC(=O)CCCCC(=O)O)O[Si-2]123(O[Si](C)(C)CCCNC(=O)CN(CCCP(=O)(O)O)CCCP(=O)(O)O)n4c5c6ccccc6c4N=C4c6ccccc6C(=[N+]41)N=c1c4ccccc4c(n12)=NC1=[N+]3C(=N5)c2ccccc21. The maximum absolute atomic E-state index is 13.9. The summed E-state index contributed by atoms with van der Waals surface area (Å²) in [6.45, 7) is 9.47. The number of carbonyl (C=O) groups excluding carboxylic acids is 2. The molecule has 23 nitrogen and oxygen atoms in total. The number of carboxylic acids is 1. The van der Waals surface area contributed by atoms with Crippen LogP contribution in [0.2, 0.25) is 38.3 Å². The number of amides is 2. The zero-order valence-electron chi connectivity index (χ0n) is 47.3. The first kappa shape index (κ1) is 57.9. The number of hydrogen-bond acceptors (Lipinski definition) is 12. The first-order chi connectivity index (χ1) is 39.9. The third-order valence-corrected chi connectivity index (χ3v) is 35.4. The van der Waals surface area contributed by atoms with Crippen LogP contribution in [0.3, 0.4) is 0 Å². The number of carboxylic acid groups (broad SMARTS) is 1. The van der Waals surface area contributed by atoms with Crippen LogP contribution in [0.25, 0.3) is 21.5 Å². The Balaban J connectivity index is 1.04. The number of benzene rings is 4. The summed E-state index contributed by atoms with van der Waals surface area (Å²) in [5.41, 5.74) is 4.51. The van der Waals surface area contributed by atoms with Crippen LogP contribution < -0.4 is 21.6 Å². The second-order valence-electron chi connectivity index (χ2n) is 24.0. The van der Waals surface area contributed by atoms with Crippen molar-refractivity contribution in [2.24, 2.45) is 20.0 Å². The third kappa shape index (κ3) is 9.10. The molecule has 0 aliphatic carbocycles. The molecule has 4 aromatic carbocycles. The molecule has 2 amide bonds. The van der Waals surface area contributed by atoms with E-state index < -0.39 is 57.9 Å². The van der Waals surface area contributed by atoms with Gasteiger partial charge in [0.05, 0.1) is 0 Å². The summed E-state index contributed by atoms with van der Waals surface area (Å²) >= 11 is 0. The monoisotopic (exact) mass is 1230 g/mol. The molecule has 84 heavy (non-hydrogen) atoms. The molecule has 2 aromatic heterocycles. The van der Waals surface area contributed by atoms with E-state index in [4.69, 9.17) is 24.1 Å². The molecule has 1 spiro atoms. The number of unbranched alkanes of at least 4 members (excludes halogenated alkanes) is 1. The topological polar surface area (TPSA) is 298 Å². The van der Waals surface area contributed by atoms with Crippen LogP contribution in [-0.2, 0) is 31.7 Å². The van der Waals surface area contributed by atoms with Crippen molar-refractivity contribution in [3.8, 4) is 0 Å². The molecule has 0 bridgehead atoms. The van der Waals surface area contributed by atoms with Gasteiger partial charge in [-0.1, -0.05) is 0 Å². The summed E-state index contributed by atoms with van der Waals surface area (Å²) in [5.74, 6) is 2.14. The van der Waals surface area contributed by atoms with E-state index in [-0.39, 0.29) is 63.7 Å². The van der Waals surface area contributed by atoms with Crippen LogP contribution in [0, 0.1) is 0 Å². The van der Waals surface area contributed by atoms with Crippen molar-refractivity contribution in [3.63, 3.8) is 0 Å². The molecule has 28 heteroatoms. The average Bonchev–Trinajstić information content (AvgIpc) is 1.24. The van der Waals surface area contributed by atoms with Crippen LogP contribution in [0.15, 0.2) is 117 Å². The summed E-state index contributed by atoms with van der Waals surface area (Å²) < 4.78 is 50.8. The molecule has 0 unspecified atom stereocenters. The molecule has 0 atom stereocenters. The fraction of sp³-hybridized carbons (Fsp3) is 0.375. The Hall–Kier alpha value is -6.52. The number of fused-ring (bicyclic) bond motifs is 12. The molecular formula is C56H69N11O12P2Si3. The Bertz CT molecular complexity index is 4020. The van der Waals surface area contributed by atoms with Crippen molar-refractivity contribution in [3.05, 3.63) is 130 Å². The Morgan fingerprint density at radius 1 is 0.560 bits per heavy atom. The summed E-state index contributed by atoms with van der Waals surface area (Å²) in [4.78, 5) is 101. The second kappa shape index (κ2) is 20.6. The predicted octanol–water partition coefficient (Wildman–Crippen LogP) is 5.86. The zero-order chi connectivity index (χ0) is 59.3. The molecule has 6 aromatic rings. The Morgan fingerprint density at radius 3 is 1.43 bits per heavy atom. The minimum absolute atomic E-state index is 0.00151. The molecule has 12 rings (SSSR count). The molecule has 6 aliphatic heterocycles. The van der Waals surface area contributed by atoms with E-state index in [1.54, 1.807) is 4.90 Å². The van der Waals surface area contributed by atoms with Gasteiger partial charge in [0.2, 0.25) is 0 Å². The van der Waals surface area contributed by atoms with Crippen LogP contribution in [0.5, 0.6) is 0 Å². The zero-order valence-corrected chi connectivity index (χ0v) is 52.1. The Kier molecular flexibility index (Phi) is 14.2. The molecule has 0 radical (unpaired) electrons. The van der Waals surface area contributed by atoms with Gasteiger partial charge in [-0.15, -0.1) is 0 Å². The van der Waals surface area contributed by atoms with Crippen molar-refractivity contribution >= 4 is 114 Å². The summed E-state index contributed by atoms with van der Waals surface area (Å²) in [5, 5.41) is 18.7. The van der Waals surface area contributed by atoms with Crippen LogP contribution in [0.1, 0.15) is 73.6 Å². The van der Waals surface area contributed by atoms with E-state index >= 15 is 0 Å². The molecule has 7 N–H and O–H groups in total. The molecule has 0 saturated heterocycles. The van der Waals surface area contributed by atoms with Crippen LogP contribution in [0.4, 0.5) is 11.6 Å². The van der Waals surface area contributed by atoms with E-state index in [2.05, 4.69) is 102 Å². The minimum atomic E-state index is -7.06.